The van der Waals surface area contributed by atoms with Crippen LogP contribution in [0.4, 0.5) is 9.59 Å². The van der Waals surface area contributed by atoms with E-state index < -0.39 is 27.5 Å². The number of carbonyl (C=O) groups is 5. The lowest BCUT2D eigenvalue weighted by Crippen LogP contribution is -2.56. The Morgan fingerprint density at radius 2 is 1.40 bits per heavy atom. The zero-order chi connectivity index (χ0) is 40.5. The van der Waals surface area contributed by atoms with Gasteiger partial charge < -0.3 is 45.5 Å². The second-order valence-corrected chi connectivity index (χ2v) is 17.7. The average Bonchev–Trinajstić information content (AvgIpc) is 3.83. The summed E-state index contributed by atoms with van der Waals surface area (Å²) in [6.45, 7) is 3.84. The summed E-state index contributed by atoms with van der Waals surface area (Å²) >= 11 is 1.88. The van der Waals surface area contributed by atoms with Gasteiger partial charge in [-0.15, -0.1) is 0 Å². The average molecular weight is 840 g/mol. The van der Waals surface area contributed by atoms with Gasteiger partial charge in [0.2, 0.25) is 21.8 Å². The molecule has 318 valence electrons. The first-order valence-corrected chi connectivity index (χ1v) is 22.4. The molecule has 1 aromatic rings. The van der Waals surface area contributed by atoms with Crippen molar-refractivity contribution in [3.05, 3.63) is 35.9 Å². The van der Waals surface area contributed by atoms with Crippen molar-refractivity contribution in [3.63, 3.8) is 0 Å². The van der Waals surface area contributed by atoms with E-state index in [-0.39, 0.29) is 87.7 Å². The number of thioether (sulfide) groups is 1. The Bertz CT molecular complexity index is 1600. The molecule has 4 heterocycles. The summed E-state index contributed by atoms with van der Waals surface area (Å²) < 4.78 is 49.1. The maximum absolute atomic E-state index is 13.2. The largest absolute Gasteiger partial charge is 0.377 e. The fraction of sp³-hybridized carbons (Fsp3) is 0.703. The van der Waals surface area contributed by atoms with Crippen molar-refractivity contribution in [2.24, 2.45) is 0 Å². The van der Waals surface area contributed by atoms with Crippen LogP contribution in [0.2, 0.25) is 0 Å². The van der Waals surface area contributed by atoms with Crippen LogP contribution < -0.4 is 26.6 Å². The monoisotopic (exact) mass is 839 g/mol. The van der Waals surface area contributed by atoms with E-state index >= 15 is 0 Å². The van der Waals surface area contributed by atoms with Gasteiger partial charge in [0.05, 0.1) is 77.2 Å². The number of benzene rings is 1. The van der Waals surface area contributed by atoms with Gasteiger partial charge in [0.25, 0.3) is 5.91 Å². The molecule has 5 N–H and O–H groups in total. The highest BCUT2D eigenvalue weighted by Gasteiger charge is 2.53. The Balaban J connectivity index is 0.774. The van der Waals surface area contributed by atoms with E-state index in [0.717, 1.165) is 30.6 Å². The number of unbranched alkanes of at least 4 members (excludes halogenated alkanes) is 1. The lowest BCUT2D eigenvalue weighted by molar-refractivity contribution is -0.133. The summed E-state index contributed by atoms with van der Waals surface area (Å²) in [5.41, 5.74) is -0.298. The molecule has 57 heavy (non-hydrogen) atoms. The Morgan fingerprint density at radius 1 is 0.807 bits per heavy atom. The van der Waals surface area contributed by atoms with Crippen LogP contribution >= 0.6 is 11.8 Å². The number of nitrogens with one attached hydrogen (secondary N) is 5. The summed E-state index contributed by atoms with van der Waals surface area (Å²) in [5.74, 6) is -0.169. The molecule has 4 fully saturated rings. The number of sulfonamides is 1. The minimum atomic E-state index is -3.74. The van der Waals surface area contributed by atoms with Gasteiger partial charge in [-0.3, -0.25) is 19.3 Å². The van der Waals surface area contributed by atoms with Crippen LogP contribution in [0, 0.1) is 0 Å². The molecule has 4 aliphatic heterocycles. The van der Waals surface area contributed by atoms with Crippen molar-refractivity contribution in [2.45, 2.75) is 74.4 Å². The van der Waals surface area contributed by atoms with Gasteiger partial charge in [-0.1, -0.05) is 36.8 Å². The van der Waals surface area contributed by atoms with Crippen molar-refractivity contribution in [3.8, 4) is 0 Å². The van der Waals surface area contributed by atoms with E-state index in [9.17, 15) is 32.4 Å². The number of hydrogen-bond donors (Lipinski definition) is 5. The predicted octanol–water partition coefficient (Wildman–Crippen LogP) is 0.318. The molecule has 1 spiro atoms. The summed E-state index contributed by atoms with van der Waals surface area (Å²) in [6.07, 6.45) is 3.33. The summed E-state index contributed by atoms with van der Waals surface area (Å²) in [7, 11) is -3.74. The van der Waals surface area contributed by atoms with E-state index in [2.05, 4.69) is 26.6 Å². The molecule has 0 radical (unpaired) electrons. The summed E-state index contributed by atoms with van der Waals surface area (Å²) in [6, 6.07) is 9.05. The first kappa shape index (κ1) is 44.6. The number of hydrogen-bond acceptors (Lipinski definition) is 12. The molecule has 18 nitrogen and oxygen atoms in total. The summed E-state index contributed by atoms with van der Waals surface area (Å²) in [5, 5.41) is 14.7. The number of imide groups is 1. The van der Waals surface area contributed by atoms with Crippen molar-refractivity contribution < 1.29 is 51.3 Å². The highest BCUT2D eigenvalue weighted by atomic mass is 32.2. The van der Waals surface area contributed by atoms with E-state index in [0.29, 0.717) is 64.5 Å². The molecule has 20 heteroatoms. The van der Waals surface area contributed by atoms with Gasteiger partial charge in [-0.2, -0.15) is 11.8 Å². The Morgan fingerprint density at radius 3 is 2.04 bits per heavy atom. The standard InChI is InChI=1S/C37H57N7O11S2/c45-31(9-5-4-8-30-33-29(27-56-30)40-35(48)41-33)38-13-17-52-19-21-54-23-24-55-22-20-53-18-14-39-32(46)10-25-57(50,51)43-15-11-37(12-16-43)34(47)44(36(49)42-37)26-28-6-2-1-3-7-28/h1-3,6-7,29-30,33H,4-5,8-27H2,(H,38,45)(H,39,46)(H,42,49)(H2,40,41,48)/t29-,30-,33-/m0/s1. The molecule has 3 atom stereocenters. The molecule has 0 bridgehead atoms. The third-order valence-corrected chi connectivity index (χ3v) is 13.7. The fourth-order valence-electron chi connectivity index (χ4n) is 7.16. The number of nitrogens with zero attached hydrogens (tertiary/aromatic N) is 2. The number of urea groups is 2. The second kappa shape index (κ2) is 22.6. The zero-order valence-electron chi connectivity index (χ0n) is 32.4. The van der Waals surface area contributed by atoms with E-state index in [4.69, 9.17) is 18.9 Å². The molecular formula is C37H57N7O11S2. The van der Waals surface area contributed by atoms with Gasteiger partial charge in [-0.05, 0) is 31.2 Å². The second-order valence-electron chi connectivity index (χ2n) is 14.4. The number of carbonyl (C=O) groups excluding carboxylic acids is 5. The van der Waals surface area contributed by atoms with Gasteiger partial charge in [0.1, 0.15) is 5.54 Å². The first-order chi connectivity index (χ1) is 27.6. The van der Waals surface area contributed by atoms with Crippen molar-refractivity contribution in [1.82, 2.24) is 35.8 Å². The normalized spacial score (nSPS) is 21.6. The van der Waals surface area contributed by atoms with Gasteiger partial charge in [-0.25, -0.2) is 22.3 Å². The van der Waals surface area contributed by atoms with Crippen LogP contribution in [0.5, 0.6) is 0 Å². The van der Waals surface area contributed by atoms with Gasteiger partial charge in [0, 0.05) is 50.0 Å². The van der Waals surface area contributed by atoms with Crippen LogP contribution in [0.3, 0.4) is 0 Å². The smallest absolute Gasteiger partial charge is 0.325 e. The third kappa shape index (κ3) is 13.8. The molecule has 4 saturated heterocycles. The Labute approximate surface area is 338 Å². The lowest BCUT2D eigenvalue weighted by Gasteiger charge is -2.36. The van der Waals surface area contributed by atoms with E-state index in [1.165, 1.54) is 9.21 Å². The lowest BCUT2D eigenvalue weighted by atomic mass is 9.88. The number of piperidine rings is 1. The molecule has 7 amide bonds. The minimum absolute atomic E-state index is 0.0106. The highest BCUT2D eigenvalue weighted by molar-refractivity contribution is 8.00. The molecule has 1 aromatic carbocycles. The molecule has 0 unspecified atom stereocenters. The maximum atomic E-state index is 13.2. The first-order valence-electron chi connectivity index (χ1n) is 19.8. The quantitative estimate of drug-likeness (QED) is 0.0484. The Hall–Kier alpha value is -3.53. The highest BCUT2D eigenvalue weighted by Crippen LogP contribution is 2.33. The van der Waals surface area contributed by atoms with Crippen LogP contribution in [0.25, 0.3) is 0 Å². The number of fused-ring (bicyclic) bond motifs is 1. The maximum Gasteiger partial charge on any atom is 0.325 e. The number of amides is 7. The minimum Gasteiger partial charge on any atom is -0.377 e. The van der Waals surface area contributed by atoms with Gasteiger partial charge >= 0.3 is 12.1 Å². The van der Waals surface area contributed by atoms with E-state index in [1.54, 1.807) is 0 Å². The number of rotatable bonds is 26. The zero-order valence-corrected chi connectivity index (χ0v) is 34.0. The molecule has 0 saturated carbocycles. The number of ether oxygens (including phenoxy) is 4. The molecule has 0 aliphatic carbocycles. The summed E-state index contributed by atoms with van der Waals surface area (Å²) in [4.78, 5) is 62.8. The van der Waals surface area contributed by atoms with Crippen molar-refractivity contribution >= 4 is 51.6 Å². The van der Waals surface area contributed by atoms with Crippen molar-refractivity contribution in [1.29, 1.82) is 0 Å². The van der Waals surface area contributed by atoms with E-state index in [1.807, 2.05) is 42.1 Å². The fourth-order valence-corrected chi connectivity index (χ4v) is 10.1. The van der Waals surface area contributed by atoms with Gasteiger partial charge in [0.15, 0.2) is 0 Å². The Kier molecular flexibility index (Phi) is 17.7. The van der Waals surface area contributed by atoms with Crippen molar-refractivity contribution in [2.75, 3.05) is 90.5 Å². The topological polar surface area (TPSA) is 223 Å². The SMILES string of the molecule is O=C(CCCC[C@@H]1SC[C@@H]2NC(=O)N[C@@H]21)NCCOCCOCCOCCOCCNC(=O)CCS(=O)(=O)N1CCC2(CC1)NC(=O)N(Cc1ccccc1)C2=O. The third-order valence-electron chi connectivity index (χ3n) is 10.3. The molecule has 5 rings (SSSR count). The van der Waals surface area contributed by atoms with Crippen LogP contribution in [0.15, 0.2) is 30.3 Å². The van der Waals surface area contributed by atoms with Crippen LogP contribution in [-0.4, -0.2) is 161 Å². The molecule has 4 aliphatic rings. The predicted molar refractivity (Wildman–Crippen MR) is 211 cm³/mol. The van der Waals surface area contributed by atoms with Crippen LogP contribution in [-0.2, 0) is 49.9 Å². The van der Waals surface area contributed by atoms with Crippen LogP contribution in [0.1, 0.15) is 50.5 Å². The molecular weight excluding hydrogens is 783 g/mol. The molecule has 0 aromatic heterocycles.